The molecule has 28 heavy (non-hydrogen) atoms. The molecule has 0 bridgehead atoms. The van der Waals surface area contributed by atoms with Gasteiger partial charge in [0.25, 0.3) is 0 Å². The third kappa shape index (κ3) is 21.9. The van der Waals surface area contributed by atoms with Crippen molar-refractivity contribution in [3.63, 3.8) is 0 Å². The summed E-state index contributed by atoms with van der Waals surface area (Å²) >= 11 is 0. The Morgan fingerprint density at radius 3 is 0.964 bits per heavy atom. The lowest BCUT2D eigenvalue weighted by atomic mass is 10.4. The van der Waals surface area contributed by atoms with Crippen molar-refractivity contribution in [2.45, 2.75) is 0 Å². The zero-order valence-electron chi connectivity index (χ0n) is 17.7. The highest BCUT2D eigenvalue weighted by molar-refractivity contribution is 4.56. The minimum Gasteiger partial charge on any atom is -0.382 e. The van der Waals surface area contributed by atoms with Crippen LogP contribution in [0.3, 0.4) is 0 Å². The zero-order chi connectivity index (χ0) is 20.5. The molecule has 0 unspecified atom stereocenters. The lowest BCUT2D eigenvalue weighted by molar-refractivity contribution is -0.0861. The number of rotatable bonds is 24. The lowest BCUT2D eigenvalue weighted by Gasteiger charge is -2.22. The van der Waals surface area contributed by atoms with Crippen molar-refractivity contribution in [2.75, 3.05) is 121 Å². The third-order valence-electron chi connectivity index (χ3n) is 3.45. The van der Waals surface area contributed by atoms with Crippen LogP contribution in [0.2, 0.25) is 0 Å². The van der Waals surface area contributed by atoms with Crippen molar-refractivity contribution in [1.29, 1.82) is 0 Å². The van der Waals surface area contributed by atoms with Gasteiger partial charge < -0.3 is 42.6 Å². The zero-order valence-corrected chi connectivity index (χ0v) is 17.7. The summed E-state index contributed by atoms with van der Waals surface area (Å²) in [5, 5.41) is 0. The van der Waals surface area contributed by atoms with Gasteiger partial charge in [0.2, 0.25) is 0 Å². The van der Waals surface area contributed by atoms with Crippen LogP contribution in [0.4, 0.5) is 0 Å². The van der Waals surface area contributed by atoms with Crippen LogP contribution in [-0.2, 0) is 42.6 Å². The fraction of sp³-hybridized carbons (Fsp3) is 1.00. The van der Waals surface area contributed by atoms with Gasteiger partial charge in [-0.25, -0.2) is 0 Å². The second kappa shape index (κ2) is 24.6. The predicted molar refractivity (Wildman–Crippen MR) is 102 cm³/mol. The minimum absolute atomic E-state index is 0.255. The Kier molecular flexibility index (Phi) is 24.3. The molecular formula is C18H39NO9. The summed E-state index contributed by atoms with van der Waals surface area (Å²) in [6.07, 6.45) is 0. The highest BCUT2D eigenvalue weighted by atomic mass is 16.7. The van der Waals surface area contributed by atoms with E-state index in [-0.39, 0.29) is 20.4 Å². The summed E-state index contributed by atoms with van der Waals surface area (Å²) in [7, 11) is 4.91. The van der Waals surface area contributed by atoms with Gasteiger partial charge >= 0.3 is 0 Å². The van der Waals surface area contributed by atoms with Crippen LogP contribution >= 0.6 is 0 Å². The minimum atomic E-state index is 0.255. The summed E-state index contributed by atoms with van der Waals surface area (Å²) < 4.78 is 47.0. The van der Waals surface area contributed by atoms with Crippen LogP contribution in [0.15, 0.2) is 0 Å². The van der Waals surface area contributed by atoms with Gasteiger partial charge in [-0.1, -0.05) is 0 Å². The van der Waals surface area contributed by atoms with Crippen LogP contribution < -0.4 is 0 Å². The Labute approximate surface area is 169 Å². The fourth-order valence-corrected chi connectivity index (χ4v) is 1.87. The van der Waals surface area contributed by atoms with Crippen molar-refractivity contribution >= 4 is 0 Å². The van der Waals surface area contributed by atoms with Crippen molar-refractivity contribution in [2.24, 2.45) is 0 Å². The molecule has 0 aromatic carbocycles. The standard InChI is InChI=1S/C18H39NO9/c1-20-10-13-26-16-23-7-4-19(5-8-24-17-27-14-11-21-2)6-9-25-18-28-15-12-22-3/h4-18H2,1-3H3. The van der Waals surface area contributed by atoms with Gasteiger partial charge in [-0.05, 0) is 0 Å². The molecule has 170 valence electrons. The number of nitrogens with zero attached hydrogens (tertiary/aromatic N) is 1. The summed E-state index contributed by atoms with van der Waals surface area (Å²) in [6.45, 7) is 7.91. The van der Waals surface area contributed by atoms with Crippen LogP contribution in [-0.4, -0.2) is 126 Å². The van der Waals surface area contributed by atoms with E-state index in [9.17, 15) is 0 Å². The average molecular weight is 414 g/mol. The molecule has 0 aromatic rings. The van der Waals surface area contributed by atoms with Crippen LogP contribution in [0.5, 0.6) is 0 Å². The van der Waals surface area contributed by atoms with E-state index >= 15 is 0 Å². The molecule has 0 N–H and O–H groups in total. The van der Waals surface area contributed by atoms with Gasteiger partial charge in [0.15, 0.2) is 0 Å². The van der Waals surface area contributed by atoms with E-state index < -0.39 is 0 Å². The fourth-order valence-electron chi connectivity index (χ4n) is 1.87. The van der Waals surface area contributed by atoms with E-state index in [0.29, 0.717) is 59.5 Å². The smallest absolute Gasteiger partial charge is 0.146 e. The highest BCUT2D eigenvalue weighted by Gasteiger charge is 2.05. The van der Waals surface area contributed by atoms with Crippen molar-refractivity contribution in [3.8, 4) is 0 Å². The monoisotopic (exact) mass is 413 g/mol. The predicted octanol–water partition coefficient (Wildman–Crippen LogP) is 0.200. The third-order valence-corrected chi connectivity index (χ3v) is 3.45. The maximum Gasteiger partial charge on any atom is 0.146 e. The molecule has 0 radical (unpaired) electrons. The average Bonchev–Trinajstić information content (AvgIpc) is 2.71. The van der Waals surface area contributed by atoms with E-state index in [0.717, 1.165) is 19.6 Å². The highest BCUT2D eigenvalue weighted by Crippen LogP contribution is 1.93. The maximum atomic E-state index is 5.48. The summed E-state index contributed by atoms with van der Waals surface area (Å²) in [4.78, 5) is 2.19. The molecule has 0 fully saturated rings. The largest absolute Gasteiger partial charge is 0.382 e. The topological polar surface area (TPSA) is 86.3 Å². The van der Waals surface area contributed by atoms with E-state index in [2.05, 4.69) is 4.90 Å². The molecule has 10 heteroatoms. The van der Waals surface area contributed by atoms with Crippen LogP contribution in [0.1, 0.15) is 0 Å². The molecule has 0 aromatic heterocycles. The van der Waals surface area contributed by atoms with Crippen LogP contribution in [0.25, 0.3) is 0 Å². The molecule has 0 aliphatic carbocycles. The molecule has 0 amide bonds. The van der Waals surface area contributed by atoms with Gasteiger partial charge in [-0.3, -0.25) is 4.90 Å². The quantitative estimate of drug-likeness (QED) is 0.162. The van der Waals surface area contributed by atoms with Gasteiger partial charge in [-0.2, -0.15) is 0 Å². The number of ether oxygens (including phenoxy) is 9. The Morgan fingerprint density at radius 2 is 0.679 bits per heavy atom. The molecule has 0 atom stereocenters. The van der Waals surface area contributed by atoms with Crippen molar-refractivity contribution in [3.05, 3.63) is 0 Å². The maximum absolute atomic E-state index is 5.48. The first-order valence-electron chi connectivity index (χ1n) is 9.50. The first-order chi connectivity index (χ1) is 13.8. The first-order valence-corrected chi connectivity index (χ1v) is 9.50. The lowest BCUT2D eigenvalue weighted by Crippen LogP contribution is -2.34. The van der Waals surface area contributed by atoms with E-state index in [4.69, 9.17) is 42.6 Å². The summed E-state index contributed by atoms with van der Waals surface area (Å²) in [5.74, 6) is 0. The second-order valence-electron chi connectivity index (χ2n) is 5.62. The van der Waals surface area contributed by atoms with E-state index in [1.807, 2.05) is 0 Å². The second-order valence-corrected chi connectivity index (χ2v) is 5.62. The molecule has 0 rings (SSSR count). The summed E-state index contributed by atoms with van der Waals surface area (Å²) in [6, 6.07) is 0. The Balaban J connectivity index is 3.80. The Morgan fingerprint density at radius 1 is 0.393 bits per heavy atom. The van der Waals surface area contributed by atoms with E-state index in [1.54, 1.807) is 21.3 Å². The van der Waals surface area contributed by atoms with E-state index in [1.165, 1.54) is 0 Å². The SMILES string of the molecule is COCCOCOCCN(CCOCOCCOC)CCOCOCCOC. The van der Waals surface area contributed by atoms with Gasteiger partial charge in [-0.15, -0.1) is 0 Å². The van der Waals surface area contributed by atoms with Gasteiger partial charge in [0, 0.05) is 41.0 Å². The molecule has 0 saturated carbocycles. The number of hydrogen-bond donors (Lipinski definition) is 0. The molecule has 10 nitrogen and oxygen atoms in total. The number of hydrogen-bond acceptors (Lipinski definition) is 10. The molecule has 0 saturated heterocycles. The van der Waals surface area contributed by atoms with Gasteiger partial charge in [0.05, 0.1) is 59.5 Å². The Hall–Kier alpha value is -0.400. The summed E-state index contributed by atoms with van der Waals surface area (Å²) in [5.41, 5.74) is 0. The van der Waals surface area contributed by atoms with Crippen molar-refractivity contribution in [1.82, 2.24) is 4.90 Å². The molecule has 0 heterocycles. The van der Waals surface area contributed by atoms with Gasteiger partial charge in [0.1, 0.15) is 20.4 Å². The van der Waals surface area contributed by atoms with Crippen molar-refractivity contribution < 1.29 is 42.6 Å². The van der Waals surface area contributed by atoms with Crippen LogP contribution in [0, 0.1) is 0 Å². The number of methoxy groups -OCH3 is 3. The normalized spacial score (nSPS) is 11.6. The first kappa shape index (κ1) is 27.6. The Bertz CT molecular complexity index is 245. The molecule has 0 spiro atoms. The molecule has 0 aliphatic rings. The molecular weight excluding hydrogens is 374 g/mol. The molecule has 0 aliphatic heterocycles.